The molecule has 2 aromatic rings. The van der Waals surface area contributed by atoms with E-state index in [1.165, 1.54) is 0 Å². The van der Waals surface area contributed by atoms with Crippen LogP contribution in [0.25, 0.3) is 0 Å². The molecule has 1 N–H and O–H groups in total. The van der Waals surface area contributed by atoms with Crippen LogP contribution in [0.2, 0.25) is 0 Å². The number of aryl methyl sites for hydroxylation is 3. The Morgan fingerprint density at radius 1 is 1.29 bits per heavy atom. The maximum Gasteiger partial charge on any atom is 0.131 e. The highest BCUT2D eigenvalue weighted by atomic mass is 79.9. The van der Waals surface area contributed by atoms with Gasteiger partial charge < -0.3 is 10.1 Å². The summed E-state index contributed by atoms with van der Waals surface area (Å²) in [4.78, 5) is 0. The lowest BCUT2D eigenvalue weighted by molar-refractivity contribution is 0.288. The highest BCUT2D eigenvalue weighted by molar-refractivity contribution is 9.10. The van der Waals surface area contributed by atoms with E-state index < -0.39 is 0 Å². The maximum absolute atomic E-state index is 6.08. The second-order valence-corrected chi connectivity index (χ2v) is 6.71. The van der Waals surface area contributed by atoms with Crippen molar-refractivity contribution in [3.63, 3.8) is 0 Å². The highest BCUT2D eigenvalue weighted by Crippen LogP contribution is 2.30. The number of halogens is 2. The van der Waals surface area contributed by atoms with E-state index in [1.54, 1.807) is 0 Å². The molecule has 0 aliphatic rings. The topological polar surface area (TPSA) is 39.1 Å². The third kappa shape index (κ3) is 3.67. The first-order chi connectivity index (χ1) is 9.93. The second kappa shape index (κ2) is 6.94. The summed E-state index contributed by atoms with van der Waals surface area (Å²) in [5, 5.41) is 7.56. The van der Waals surface area contributed by atoms with Gasteiger partial charge in [0, 0.05) is 23.6 Å². The molecule has 21 heavy (non-hydrogen) atoms. The van der Waals surface area contributed by atoms with Crippen LogP contribution in [0.1, 0.15) is 22.5 Å². The monoisotopic (exact) mass is 415 g/mol. The van der Waals surface area contributed by atoms with Crippen LogP contribution < -0.4 is 10.1 Å². The molecule has 0 saturated carbocycles. The summed E-state index contributed by atoms with van der Waals surface area (Å²) < 4.78 is 10.0. The average molecular weight is 417 g/mol. The van der Waals surface area contributed by atoms with Gasteiger partial charge in [-0.2, -0.15) is 5.10 Å². The van der Waals surface area contributed by atoms with E-state index in [2.05, 4.69) is 61.3 Å². The van der Waals surface area contributed by atoms with Gasteiger partial charge in [-0.25, -0.2) is 0 Å². The number of hydrogen-bond acceptors (Lipinski definition) is 3. The van der Waals surface area contributed by atoms with Gasteiger partial charge in [-0.3, -0.25) is 4.68 Å². The fraction of sp³-hybridized carbons (Fsp3) is 0.400. The molecule has 0 unspecified atom stereocenters. The van der Waals surface area contributed by atoms with Gasteiger partial charge in [0.05, 0.1) is 15.9 Å². The molecule has 0 atom stereocenters. The molecule has 0 aliphatic heterocycles. The molecule has 0 spiro atoms. The molecule has 1 aromatic carbocycles. The van der Waals surface area contributed by atoms with Gasteiger partial charge in [0.15, 0.2) is 0 Å². The smallest absolute Gasteiger partial charge is 0.131 e. The number of ether oxygens (including phenoxy) is 1. The standard InChI is InChI=1S/C15H19Br2N3O/c1-9-5-12(16)6-11(7-18-3)15(9)21-8-13-14(17)10(2)19-20(13)4/h5-6,18H,7-8H2,1-4H3. The zero-order chi connectivity index (χ0) is 15.6. The summed E-state index contributed by atoms with van der Waals surface area (Å²) in [6, 6.07) is 4.15. The Balaban J connectivity index is 2.27. The minimum absolute atomic E-state index is 0.483. The average Bonchev–Trinajstić information content (AvgIpc) is 2.64. The van der Waals surface area contributed by atoms with Crippen molar-refractivity contribution in [1.82, 2.24) is 15.1 Å². The molecule has 0 saturated heterocycles. The van der Waals surface area contributed by atoms with Crippen molar-refractivity contribution in [3.8, 4) is 5.75 Å². The normalized spacial score (nSPS) is 11.0. The second-order valence-electron chi connectivity index (χ2n) is 5.00. The van der Waals surface area contributed by atoms with Crippen LogP contribution in [0.3, 0.4) is 0 Å². The first kappa shape index (κ1) is 16.5. The SMILES string of the molecule is CNCc1cc(Br)cc(C)c1OCc1c(Br)c(C)nn1C. The molecule has 4 nitrogen and oxygen atoms in total. The van der Waals surface area contributed by atoms with Crippen LogP contribution in [0, 0.1) is 13.8 Å². The molecule has 0 radical (unpaired) electrons. The molecule has 0 bridgehead atoms. The van der Waals surface area contributed by atoms with Crippen molar-refractivity contribution in [3.05, 3.63) is 43.6 Å². The zero-order valence-electron chi connectivity index (χ0n) is 12.6. The van der Waals surface area contributed by atoms with Gasteiger partial charge in [-0.1, -0.05) is 15.9 Å². The number of aromatic nitrogens is 2. The summed E-state index contributed by atoms with van der Waals surface area (Å²) in [6.07, 6.45) is 0. The van der Waals surface area contributed by atoms with Gasteiger partial charge in [0.2, 0.25) is 0 Å². The molecule has 6 heteroatoms. The van der Waals surface area contributed by atoms with Crippen molar-refractivity contribution in [1.29, 1.82) is 0 Å². The number of nitrogens with zero attached hydrogens (tertiary/aromatic N) is 2. The summed E-state index contributed by atoms with van der Waals surface area (Å²) in [6.45, 7) is 5.28. The summed E-state index contributed by atoms with van der Waals surface area (Å²) >= 11 is 7.11. The molecule has 0 fully saturated rings. The number of nitrogens with one attached hydrogen (secondary N) is 1. The predicted molar refractivity (Wildman–Crippen MR) is 91.6 cm³/mol. The number of rotatable bonds is 5. The van der Waals surface area contributed by atoms with Crippen LogP contribution in [-0.4, -0.2) is 16.8 Å². The van der Waals surface area contributed by atoms with Crippen molar-refractivity contribution in [2.75, 3.05) is 7.05 Å². The molecule has 1 heterocycles. The van der Waals surface area contributed by atoms with Crippen LogP contribution in [0.5, 0.6) is 5.75 Å². The highest BCUT2D eigenvalue weighted by Gasteiger charge is 2.14. The fourth-order valence-corrected chi connectivity index (χ4v) is 3.38. The molecule has 2 rings (SSSR count). The predicted octanol–water partition coefficient (Wildman–Crippen LogP) is 3.86. The number of benzene rings is 1. The van der Waals surface area contributed by atoms with Gasteiger partial charge in [-0.15, -0.1) is 0 Å². The van der Waals surface area contributed by atoms with E-state index in [4.69, 9.17) is 4.74 Å². The zero-order valence-corrected chi connectivity index (χ0v) is 15.8. The molecule has 114 valence electrons. The van der Waals surface area contributed by atoms with Crippen molar-refractivity contribution < 1.29 is 4.74 Å². The van der Waals surface area contributed by atoms with Gasteiger partial charge in [0.1, 0.15) is 12.4 Å². The lowest BCUT2D eigenvalue weighted by atomic mass is 10.1. The summed E-state index contributed by atoms with van der Waals surface area (Å²) in [5.74, 6) is 0.929. The first-order valence-corrected chi connectivity index (χ1v) is 8.27. The Labute approximate surface area is 142 Å². The fourth-order valence-electron chi connectivity index (χ4n) is 2.31. The Hall–Kier alpha value is -0.850. The quantitative estimate of drug-likeness (QED) is 0.804. The third-order valence-electron chi connectivity index (χ3n) is 3.30. The minimum Gasteiger partial charge on any atom is -0.487 e. The van der Waals surface area contributed by atoms with Crippen molar-refractivity contribution in [2.45, 2.75) is 27.0 Å². The Morgan fingerprint density at radius 2 is 2.00 bits per heavy atom. The van der Waals surface area contributed by atoms with E-state index in [1.807, 2.05) is 25.7 Å². The Kier molecular flexibility index (Phi) is 5.46. The van der Waals surface area contributed by atoms with Gasteiger partial charge in [0.25, 0.3) is 0 Å². The van der Waals surface area contributed by atoms with Crippen LogP contribution in [0.4, 0.5) is 0 Å². The van der Waals surface area contributed by atoms with Gasteiger partial charge >= 0.3 is 0 Å². The van der Waals surface area contributed by atoms with E-state index in [9.17, 15) is 0 Å². The van der Waals surface area contributed by atoms with E-state index in [0.29, 0.717) is 6.61 Å². The Bertz CT molecular complexity index is 653. The maximum atomic E-state index is 6.08. The van der Waals surface area contributed by atoms with Crippen LogP contribution >= 0.6 is 31.9 Å². The molecule has 1 aromatic heterocycles. The van der Waals surface area contributed by atoms with Crippen LogP contribution in [0.15, 0.2) is 21.1 Å². The summed E-state index contributed by atoms with van der Waals surface area (Å²) in [7, 11) is 3.86. The largest absolute Gasteiger partial charge is 0.487 e. The van der Waals surface area contributed by atoms with Crippen LogP contribution in [-0.2, 0) is 20.2 Å². The van der Waals surface area contributed by atoms with E-state index in [0.717, 1.165) is 43.8 Å². The molecular weight excluding hydrogens is 398 g/mol. The van der Waals surface area contributed by atoms with Crippen molar-refractivity contribution >= 4 is 31.9 Å². The van der Waals surface area contributed by atoms with Gasteiger partial charge in [-0.05, 0) is 54.5 Å². The van der Waals surface area contributed by atoms with Crippen molar-refractivity contribution in [2.24, 2.45) is 7.05 Å². The lowest BCUT2D eigenvalue weighted by Gasteiger charge is -2.15. The number of hydrogen-bond donors (Lipinski definition) is 1. The van der Waals surface area contributed by atoms with E-state index >= 15 is 0 Å². The summed E-state index contributed by atoms with van der Waals surface area (Å²) in [5.41, 5.74) is 4.26. The Morgan fingerprint density at radius 3 is 2.57 bits per heavy atom. The molecule has 0 amide bonds. The lowest BCUT2D eigenvalue weighted by Crippen LogP contribution is -2.10. The minimum atomic E-state index is 0.483. The third-order valence-corrected chi connectivity index (χ3v) is 4.79. The molecular formula is C15H19Br2N3O. The van der Waals surface area contributed by atoms with E-state index in [-0.39, 0.29) is 0 Å². The first-order valence-electron chi connectivity index (χ1n) is 6.68. The molecule has 0 aliphatic carbocycles.